The average molecular weight is 499 g/mol. The zero-order valence-corrected chi connectivity index (χ0v) is 21.1. The number of benzene rings is 2. The normalized spacial score (nSPS) is 15.4. The minimum absolute atomic E-state index is 0.269. The Morgan fingerprint density at radius 2 is 1.82 bits per heavy atom. The van der Waals surface area contributed by atoms with Crippen LogP contribution in [0.2, 0.25) is 0 Å². The number of thioether (sulfide) groups is 1. The first-order valence-corrected chi connectivity index (χ1v) is 13.8. The van der Waals surface area contributed by atoms with Gasteiger partial charge in [0.2, 0.25) is 10.0 Å². The van der Waals surface area contributed by atoms with E-state index in [2.05, 4.69) is 52.9 Å². The summed E-state index contributed by atoms with van der Waals surface area (Å²) in [5.74, 6) is 1.83. The van der Waals surface area contributed by atoms with E-state index in [0.29, 0.717) is 38.0 Å². The number of aromatic nitrogens is 3. The van der Waals surface area contributed by atoms with Crippen molar-refractivity contribution in [3.8, 4) is 11.4 Å². The molecular weight excluding hydrogens is 468 g/mol. The van der Waals surface area contributed by atoms with Crippen LogP contribution >= 0.6 is 11.8 Å². The smallest absolute Gasteiger partial charge is 0.243 e. The lowest BCUT2D eigenvalue weighted by atomic mass is 10.2. The van der Waals surface area contributed by atoms with Gasteiger partial charge >= 0.3 is 0 Å². The first-order valence-electron chi connectivity index (χ1n) is 11.4. The molecule has 1 saturated heterocycles. The van der Waals surface area contributed by atoms with Gasteiger partial charge < -0.3 is 9.30 Å². The Labute approximate surface area is 205 Å². The zero-order chi connectivity index (χ0) is 24.0. The Morgan fingerprint density at radius 3 is 2.56 bits per heavy atom. The van der Waals surface area contributed by atoms with E-state index in [1.54, 1.807) is 30.0 Å². The van der Waals surface area contributed by atoms with Crippen molar-refractivity contribution in [3.05, 3.63) is 66.2 Å². The molecule has 4 rings (SSSR count). The average Bonchev–Trinajstić information content (AvgIpc) is 3.24. The second kappa shape index (κ2) is 11.3. The summed E-state index contributed by atoms with van der Waals surface area (Å²) in [6.45, 7) is 6.61. The predicted octanol–water partition coefficient (Wildman–Crippen LogP) is 4.43. The van der Waals surface area contributed by atoms with Gasteiger partial charge in [-0.1, -0.05) is 80.2 Å². The molecule has 2 heterocycles. The summed E-state index contributed by atoms with van der Waals surface area (Å²) in [7, 11) is -3.58. The van der Waals surface area contributed by atoms with Gasteiger partial charge in [0.1, 0.15) is 0 Å². The molecule has 0 bridgehead atoms. The van der Waals surface area contributed by atoms with Crippen molar-refractivity contribution in [2.24, 2.45) is 5.92 Å². The van der Waals surface area contributed by atoms with Gasteiger partial charge in [-0.25, -0.2) is 8.42 Å². The third-order valence-corrected chi connectivity index (χ3v) is 8.20. The first kappa shape index (κ1) is 24.7. The maximum absolute atomic E-state index is 13.1. The highest BCUT2D eigenvalue weighted by Crippen LogP contribution is 2.28. The van der Waals surface area contributed by atoms with E-state index in [0.717, 1.165) is 28.6 Å². The highest BCUT2D eigenvalue weighted by atomic mass is 32.2. The molecule has 1 fully saturated rings. The maximum Gasteiger partial charge on any atom is 0.243 e. The Hall–Kier alpha value is -2.46. The number of rotatable bonds is 9. The first-order chi connectivity index (χ1) is 16.4. The largest absolute Gasteiger partial charge is 0.379 e. The number of sulfonamides is 1. The monoisotopic (exact) mass is 498 g/mol. The molecule has 1 aliphatic rings. The Balaban J connectivity index is 1.57. The van der Waals surface area contributed by atoms with Gasteiger partial charge in [0, 0.05) is 31.0 Å². The standard InChI is InChI=1S/C25H30N4O3S2/c1-20(2)19-29-24(26-27-25(29)33-17-7-10-21-8-4-3-5-9-21)22-11-6-12-23(18-22)34(30,31)28-13-15-32-16-14-28/h3-12,18,20H,13-17,19H2,1-2H3/b10-7+. The minimum atomic E-state index is -3.58. The van der Waals surface area contributed by atoms with Crippen LogP contribution in [0, 0.1) is 5.92 Å². The van der Waals surface area contributed by atoms with Gasteiger partial charge in [-0.2, -0.15) is 4.31 Å². The number of nitrogens with zero attached hydrogens (tertiary/aromatic N) is 4. The molecule has 34 heavy (non-hydrogen) atoms. The third-order valence-electron chi connectivity index (χ3n) is 5.38. The molecule has 180 valence electrons. The molecule has 0 unspecified atom stereocenters. The van der Waals surface area contributed by atoms with Crippen LogP contribution in [-0.4, -0.2) is 59.5 Å². The molecule has 7 nitrogen and oxygen atoms in total. The number of ether oxygens (including phenoxy) is 1. The molecule has 2 aromatic carbocycles. The molecule has 0 amide bonds. The molecular formula is C25H30N4O3S2. The molecule has 0 atom stereocenters. The summed E-state index contributed by atoms with van der Waals surface area (Å²) in [6, 6.07) is 17.2. The van der Waals surface area contributed by atoms with Crippen LogP contribution < -0.4 is 0 Å². The minimum Gasteiger partial charge on any atom is -0.379 e. The van der Waals surface area contributed by atoms with Crippen molar-refractivity contribution in [1.29, 1.82) is 0 Å². The highest BCUT2D eigenvalue weighted by molar-refractivity contribution is 7.99. The van der Waals surface area contributed by atoms with Crippen molar-refractivity contribution < 1.29 is 13.2 Å². The van der Waals surface area contributed by atoms with Crippen molar-refractivity contribution in [3.63, 3.8) is 0 Å². The van der Waals surface area contributed by atoms with Crippen LogP contribution in [0.5, 0.6) is 0 Å². The lowest BCUT2D eigenvalue weighted by Crippen LogP contribution is -2.40. The summed E-state index contributed by atoms with van der Waals surface area (Å²) in [5, 5.41) is 9.71. The lowest BCUT2D eigenvalue weighted by Gasteiger charge is -2.26. The van der Waals surface area contributed by atoms with Crippen LogP contribution in [0.15, 0.2) is 70.7 Å². The molecule has 9 heteroatoms. The summed E-state index contributed by atoms with van der Waals surface area (Å²) in [5.41, 5.74) is 1.90. The van der Waals surface area contributed by atoms with Crippen molar-refractivity contribution >= 4 is 27.9 Å². The molecule has 0 N–H and O–H groups in total. The zero-order valence-electron chi connectivity index (χ0n) is 19.5. The summed E-state index contributed by atoms with van der Waals surface area (Å²) >= 11 is 1.62. The number of hydrogen-bond acceptors (Lipinski definition) is 6. The maximum atomic E-state index is 13.1. The van der Waals surface area contributed by atoms with Gasteiger partial charge in [0.25, 0.3) is 0 Å². The van der Waals surface area contributed by atoms with E-state index in [4.69, 9.17) is 4.74 Å². The van der Waals surface area contributed by atoms with Crippen LogP contribution in [-0.2, 0) is 21.3 Å². The van der Waals surface area contributed by atoms with Gasteiger partial charge in [-0.05, 0) is 23.6 Å². The van der Waals surface area contributed by atoms with Crippen LogP contribution in [0.25, 0.3) is 17.5 Å². The summed E-state index contributed by atoms with van der Waals surface area (Å²) in [6.07, 6.45) is 4.21. The fraction of sp³-hybridized carbons (Fsp3) is 0.360. The number of morpholine rings is 1. The summed E-state index contributed by atoms with van der Waals surface area (Å²) in [4.78, 5) is 0.269. The summed E-state index contributed by atoms with van der Waals surface area (Å²) < 4.78 is 35.2. The van der Waals surface area contributed by atoms with Gasteiger partial charge in [0.15, 0.2) is 11.0 Å². The van der Waals surface area contributed by atoms with Crippen molar-refractivity contribution in [2.45, 2.75) is 30.4 Å². The van der Waals surface area contributed by atoms with E-state index in [9.17, 15) is 8.42 Å². The van der Waals surface area contributed by atoms with Gasteiger partial charge in [-0.3, -0.25) is 0 Å². The van der Waals surface area contributed by atoms with E-state index in [1.165, 1.54) is 4.31 Å². The van der Waals surface area contributed by atoms with Gasteiger partial charge in [-0.15, -0.1) is 10.2 Å². The third kappa shape index (κ3) is 5.96. The van der Waals surface area contributed by atoms with E-state index in [1.807, 2.05) is 24.3 Å². The second-order valence-electron chi connectivity index (χ2n) is 8.48. The molecule has 0 aliphatic carbocycles. The molecule has 0 spiro atoms. The molecule has 0 saturated carbocycles. The second-order valence-corrected chi connectivity index (χ2v) is 11.4. The van der Waals surface area contributed by atoms with E-state index < -0.39 is 10.0 Å². The Kier molecular flexibility index (Phi) is 8.20. The Bertz CT molecular complexity index is 1220. The fourth-order valence-corrected chi connectivity index (χ4v) is 5.95. The fourth-order valence-electron chi connectivity index (χ4n) is 3.74. The van der Waals surface area contributed by atoms with Gasteiger partial charge in [0.05, 0.1) is 18.1 Å². The van der Waals surface area contributed by atoms with Crippen molar-refractivity contribution in [1.82, 2.24) is 19.1 Å². The Morgan fingerprint density at radius 1 is 1.06 bits per heavy atom. The van der Waals surface area contributed by atoms with E-state index in [-0.39, 0.29) is 4.90 Å². The van der Waals surface area contributed by atoms with Crippen LogP contribution in [0.1, 0.15) is 19.4 Å². The van der Waals surface area contributed by atoms with Crippen molar-refractivity contribution in [2.75, 3.05) is 32.1 Å². The molecule has 0 radical (unpaired) electrons. The highest BCUT2D eigenvalue weighted by Gasteiger charge is 2.27. The quantitative estimate of drug-likeness (QED) is 0.406. The number of hydrogen-bond donors (Lipinski definition) is 0. The topological polar surface area (TPSA) is 77.3 Å². The molecule has 1 aromatic heterocycles. The lowest BCUT2D eigenvalue weighted by molar-refractivity contribution is 0.0730. The van der Waals surface area contributed by atoms with Crippen LogP contribution in [0.4, 0.5) is 0 Å². The molecule has 1 aliphatic heterocycles. The van der Waals surface area contributed by atoms with E-state index >= 15 is 0 Å². The van der Waals surface area contributed by atoms with Crippen LogP contribution in [0.3, 0.4) is 0 Å². The molecule has 3 aromatic rings. The predicted molar refractivity (Wildman–Crippen MR) is 136 cm³/mol. The SMILES string of the molecule is CC(C)Cn1c(SC/C=C/c2ccccc2)nnc1-c1cccc(S(=O)(=O)N2CCOCC2)c1.